The summed E-state index contributed by atoms with van der Waals surface area (Å²) in [5.41, 5.74) is 4.65. The number of benzene rings is 2. The summed E-state index contributed by atoms with van der Waals surface area (Å²) in [5.74, 6) is 1.52. The second-order valence-corrected chi connectivity index (χ2v) is 6.12. The Morgan fingerprint density at radius 2 is 1.70 bits per heavy atom. The third kappa shape index (κ3) is 3.31. The number of hydrogen-bond donors (Lipinski definition) is 0. The fourth-order valence-electron chi connectivity index (χ4n) is 3.03. The quantitative estimate of drug-likeness (QED) is 0.413. The molecular weight excluding hydrogens is 336 g/mol. The summed E-state index contributed by atoms with van der Waals surface area (Å²) < 4.78 is 7.21. The van der Waals surface area contributed by atoms with Crippen molar-refractivity contribution in [1.82, 2.24) is 9.38 Å². The molecule has 0 amide bonds. The first-order valence-corrected chi connectivity index (χ1v) is 8.91. The van der Waals surface area contributed by atoms with Crippen LogP contribution in [0.5, 0.6) is 5.75 Å². The average Bonchev–Trinajstić information content (AvgIpc) is 3.11. The Morgan fingerprint density at radius 1 is 0.926 bits per heavy atom. The van der Waals surface area contributed by atoms with Crippen LogP contribution >= 0.6 is 0 Å². The van der Waals surface area contributed by atoms with E-state index in [-0.39, 0.29) is 0 Å². The van der Waals surface area contributed by atoms with Crippen LogP contribution in [0.3, 0.4) is 0 Å². The Morgan fingerprint density at radius 3 is 2.48 bits per heavy atom. The molecule has 2 aromatic carbocycles. The summed E-state index contributed by atoms with van der Waals surface area (Å²) in [6, 6.07) is 21.8. The Balaban J connectivity index is 1.84. The number of aromatic nitrogens is 2. The molecule has 0 aliphatic heterocycles. The molecule has 5 nitrogen and oxygen atoms in total. The van der Waals surface area contributed by atoms with Crippen molar-refractivity contribution in [3.8, 4) is 17.0 Å². The van der Waals surface area contributed by atoms with E-state index in [0.717, 1.165) is 34.8 Å². The number of azo groups is 1. The van der Waals surface area contributed by atoms with E-state index in [4.69, 9.17) is 9.72 Å². The molecule has 0 radical (unpaired) electrons. The van der Waals surface area contributed by atoms with Gasteiger partial charge in [-0.15, -0.1) is 10.2 Å². The molecule has 0 saturated carbocycles. The Labute approximate surface area is 158 Å². The van der Waals surface area contributed by atoms with Gasteiger partial charge in [-0.05, 0) is 54.4 Å². The Hall–Kier alpha value is -3.47. The number of imidazole rings is 1. The van der Waals surface area contributed by atoms with Crippen LogP contribution in [0.2, 0.25) is 0 Å². The molecule has 2 aromatic heterocycles. The lowest BCUT2D eigenvalue weighted by atomic mass is 10.1. The topological polar surface area (TPSA) is 51.2 Å². The van der Waals surface area contributed by atoms with Gasteiger partial charge in [-0.1, -0.05) is 31.2 Å². The van der Waals surface area contributed by atoms with E-state index in [9.17, 15) is 0 Å². The maximum Gasteiger partial charge on any atom is 0.187 e. The lowest BCUT2D eigenvalue weighted by molar-refractivity contribution is 0.415. The highest BCUT2D eigenvalue weighted by Gasteiger charge is 2.14. The van der Waals surface area contributed by atoms with Gasteiger partial charge in [0.25, 0.3) is 0 Å². The first-order chi connectivity index (χ1) is 13.3. The van der Waals surface area contributed by atoms with E-state index < -0.39 is 0 Å². The lowest BCUT2D eigenvalue weighted by Crippen LogP contribution is -1.84. The second-order valence-electron chi connectivity index (χ2n) is 6.12. The standard InChI is InChI=1S/C22H20N4O/c1-3-16-8-4-5-9-19(16)24-25-22-21(17-11-13-18(27-2)14-12-17)23-20-10-6-7-15-26(20)22/h4-15H,3H2,1-2H3. The summed E-state index contributed by atoms with van der Waals surface area (Å²) in [7, 11) is 1.66. The Bertz CT molecular complexity index is 1100. The van der Waals surface area contributed by atoms with Crippen molar-refractivity contribution in [2.24, 2.45) is 10.2 Å². The molecule has 0 fully saturated rings. The van der Waals surface area contributed by atoms with E-state index >= 15 is 0 Å². The van der Waals surface area contributed by atoms with Gasteiger partial charge in [-0.3, -0.25) is 4.40 Å². The maximum absolute atomic E-state index is 5.26. The van der Waals surface area contributed by atoms with Crippen LogP contribution in [0.15, 0.2) is 83.2 Å². The summed E-state index contributed by atoms with van der Waals surface area (Å²) in [6.45, 7) is 2.12. The predicted octanol–water partition coefficient (Wildman–Crippen LogP) is 5.99. The molecule has 0 aliphatic carbocycles. The third-order valence-electron chi connectivity index (χ3n) is 4.49. The molecule has 0 aliphatic rings. The summed E-state index contributed by atoms with van der Waals surface area (Å²) in [4.78, 5) is 4.76. The van der Waals surface area contributed by atoms with Gasteiger partial charge in [0.15, 0.2) is 5.82 Å². The van der Waals surface area contributed by atoms with Crippen molar-refractivity contribution in [2.45, 2.75) is 13.3 Å². The van der Waals surface area contributed by atoms with Gasteiger partial charge in [0.05, 0.1) is 12.8 Å². The monoisotopic (exact) mass is 356 g/mol. The van der Waals surface area contributed by atoms with Crippen LogP contribution in [-0.4, -0.2) is 16.5 Å². The minimum absolute atomic E-state index is 0.710. The van der Waals surface area contributed by atoms with Crippen LogP contribution in [0.25, 0.3) is 16.9 Å². The lowest BCUT2D eigenvalue weighted by Gasteiger charge is -2.03. The third-order valence-corrected chi connectivity index (χ3v) is 4.49. The molecular formula is C22H20N4O. The van der Waals surface area contributed by atoms with Gasteiger partial charge in [0.1, 0.15) is 17.1 Å². The summed E-state index contributed by atoms with van der Waals surface area (Å²) >= 11 is 0. The van der Waals surface area contributed by atoms with Crippen LogP contribution in [-0.2, 0) is 6.42 Å². The van der Waals surface area contributed by atoms with Gasteiger partial charge < -0.3 is 4.74 Å². The minimum Gasteiger partial charge on any atom is -0.497 e. The predicted molar refractivity (Wildman–Crippen MR) is 107 cm³/mol. The molecule has 5 heteroatoms. The number of hydrogen-bond acceptors (Lipinski definition) is 4. The maximum atomic E-state index is 5.26. The number of fused-ring (bicyclic) bond motifs is 1. The van der Waals surface area contributed by atoms with E-state index in [0.29, 0.717) is 5.82 Å². The van der Waals surface area contributed by atoms with Crippen LogP contribution in [0.1, 0.15) is 12.5 Å². The normalized spacial score (nSPS) is 11.3. The molecule has 0 bridgehead atoms. The zero-order chi connectivity index (χ0) is 18.6. The molecule has 0 saturated heterocycles. The number of nitrogens with zero attached hydrogens (tertiary/aromatic N) is 4. The van der Waals surface area contributed by atoms with E-state index in [1.807, 2.05) is 71.3 Å². The molecule has 0 atom stereocenters. The van der Waals surface area contributed by atoms with E-state index in [2.05, 4.69) is 23.2 Å². The van der Waals surface area contributed by atoms with E-state index in [1.165, 1.54) is 5.56 Å². The molecule has 0 N–H and O–H groups in total. The van der Waals surface area contributed by atoms with Crippen LogP contribution in [0, 0.1) is 0 Å². The summed E-state index contributed by atoms with van der Waals surface area (Å²) in [5, 5.41) is 9.12. The van der Waals surface area contributed by atoms with Gasteiger partial charge in [0, 0.05) is 11.8 Å². The fraction of sp³-hybridized carbons (Fsp3) is 0.136. The number of ether oxygens (including phenoxy) is 1. The van der Waals surface area contributed by atoms with Crippen molar-refractivity contribution < 1.29 is 4.74 Å². The SMILES string of the molecule is CCc1ccccc1N=Nc1c(-c2ccc(OC)cc2)nc2ccccn12. The van der Waals surface area contributed by atoms with Gasteiger partial charge in [0.2, 0.25) is 0 Å². The highest BCUT2D eigenvalue weighted by Crippen LogP contribution is 2.33. The second kappa shape index (κ2) is 7.41. The number of methoxy groups -OCH3 is 1. The fourth-order valence-corrected chi connectivity index (χ4v) is 3.03. The molecule has 4 aromatic rings. The molecule has 0 spiro atoms. The molecule has 4 rings (SSSR count). The number of pyridine rings is 1. The first-order valence-electron chi connectivity index (χ1n) is 8.91. The van der Waals surface area contributed by atoms with Gasteiger partial charge >= 0.3 is 0 Å². The Kier molecular flexibility index (Phi) is 4.66. The van der Waals surface area contributed by atoms with Crippen molar-refractivity contribution in [2.75, 3.05) is 7.11 Å². The highest BCUT2D eigenvalue weighted by molar-refractivity contribution is 5.74. The van der Waals surface area contributed by atoms with E-state index in [1.54, 1.807) is 7.11 Å². The van der Waals surface area contributed by atoms with Crippen molar-refractivity contribution in [1.29, 1.82) is 0 Å². The zero-order valence-electron chi connectivity index (χ0n) is 15.3. The smallest absolute Gasteiger partial charge is 0.187 e. The molecule has 27 heavy (non-hydrogen) atoms. The summed E-state index contributed by atoms with van der Waals surface area (Å²) in [6.07, 6.45) is 2.86. The van der Waals surface area contributed by atoms with Crippen molar-refractivity contribution in [3.63, 3.8) is 0 Å². The largest absolute Gasteiger partial charge is 0.497 e. The first kappa shape index (κ1) is 17.0. The van der Waals surface area contributed by atoms with Crippen LogP contribution < -0.4 is 4.74 Å². The van der Waals surface area contributed by atoms with Crippen molar-refractivity contribution >= 4 is 17.2 Å². The zero-order valence-corrected chi connectivity index (χ0v) is 15.3. The van der Waals surface area contributed by atoms with Gasteiger partial charge in [-0.25, -0.2) is 4.98 Å². The van der Waals surface area contributed by atoms with Gasteiger partial charge in [-0.2, -0.15) is 0 Å². The number of rotatable bonds is 5. The minimum atomic E-state index is 0.710. The number of aryl methyl sites for hydroxylation is 1. The average molecular weight is 356 g/mol. The highest BCUT2D eigenvalue weighted by atomic mass is 16.5. The van der Waals surface area contributed by atoms with Crippen LogP contribution in [0.4, 0.5) is 11.5 Å². The molecule has 134 valence electrons. The van der Waals surface area contributed by atoms with Crippen molar-refractivity contribution in [3.05, 3.63) is 78.5 Å². The molecule has 0 unspecified atom stereocenters. The molecule has 2 heterocycles.